The van der Waals surface area contributed by atoms with Crippen molar-refractivity contribution in [1.29, 1.82) is 0 Å². The average molecular weight is 212 g/mol. The number of carbonyl (C=O) groups excluding carboxylic acids is 1. The summed E-state index contributed by atoms with van der Waals surface area (Å²) in [5, 5.41) is 0. The molecule has 3 heteroatoms. The van der Waals surface area contributed by atoms with Crippen molar-refractivity contribution >= 4 is 5.91 Å². The second-order valence-electron chi connectivity index (χ2n) is 3.87. The van der Waals surface area contributed by atoms with Crippen molar-refractivity contribution < 1.29 is 4.79 Å². The molecule has 0 heterocycles. The zero-order valence-corrected chi connectivity index (χ0v) is 10.2. The van der Waals surface area contributed by atoms with E-state index in [4.69, 9.17) is 11.5 Å². The van der Waals surface area contributed by atoms with E-state index in [0.29, 0.717) is 0 Å². The maximum atomic E-state index is 11.3. The molecule has 0 spiro atoms. The second kappa shape index (κ2) is 7.46. The molecule has 0 aromatic rings. The SMILES string of the molecule is CCC/C(C(N)=O)=C(\CC)C(N)CCC. The van der Waals surface area contributed by atoms with Crippen molar-refractivity contribution in [1.82, 2.24) is 0 Å². The number of amides is 1. The number of nitrogens with two attached hydrogens (primary N) is 2. The largest absolute Gasteiger partial charge is 0.366 e. The minimum atomic E-state index is -0.305. The molecule has 0 fully saturated rings. The van der Waals surface area contributed by atoms with E-state index in [1.165, 1.54) is 0 Å². The Bertz CT molecular complexity index is 234. The summed E-state index contributed by atoms with van der Waals surface area (Å²) in [6.45, 7) is 6.17. The lowest BCUT2D eigenvalue weighted by Crippen LogP contribution is -2.27. The van der Waals surface area contributed by atoms with E-state index in [2.05, 4.69) is 6.92 Å². The van der Waals surface area contributed by atoms with Gasteiger partial charge in [0.05, 0.1) is 0 Å². The lowest BCUT2D eigenvalue weighted by Gasteiger charge is -2.17. The fourth-order valence-corrected chi connectivity index (χ4v) is 1.88. The van der Waals surface area contributed by atoms with E-state index in [9.17, 15) is 4.79 Å². The van der Waals surface area contributed by atoms with Crippen LogP contribution in [-0.2, 0) is 4.79 Å². The highest BCUT2D eigenvalue weighted by Gasteiger charge is 2.15. The Hall–Kier alpha value is -0.830. The Morgan fingerprint density at radius 1 is 1.20 bits per heavy atom. The first kappa shape index (κ1) is 14.2. The van der Waals surface area contributed by atoms with Gasteiger partial charge in [-0.3, -0.25) is 4.79 Å². The maximum Gasteiger partial charge on any atom is 0.244 e. The summed E-state index contributed by atoms with van der Waals surface area (Å²) < 4.78 is 0. The number of hydrogen-bond acceptors (Lipinski definition) is 2. The highest BCUT2D eigenvalue weighted by molar-refractivity contribution is 5.92. The van der Waals surface area contributed by atoms with E-state index >= 15 is 0 Å². The van der Waals surface area contributed by atoms with Crippen LogP contribution in [-0.4, -0.2) is 11.9 Å². The summed E-state index contributed by atoms with van der Waals surface area (Å²) in [4.78, 5) is 11.3. The van der Waals surface area contributed by atoms with Gasteiger partial charge in [0.1, 0.15) is 0 Å². The highest BCUT2D eigenvalue weighted by atomic mass is 16.1. The number of hydrogen-bond donors (Lipinski definition) is 2. The highest BCUT2D eigenvalue weighted by Crippen LogP contribution is 2.19. The molecule has 1 atom stereocenters. The maximum absolute atomic E-state index is 11.3. The normalized spacial score (nSPS) is 14.7. The van der Waals surface area contributed by atoms with E-state index in [1.54, 1.807) is 0 Å². The van der Waals surface area contributed by atoms with Crippen molar-refractivity contribution in [2.24, 2.45) is 11.5 Å². The molecule has 88 valence electrons. The summed E-state index contributed by atoms with van der Waals surface area (Å²) in [7, 11) is 0. The first-order valence-corrected chi connectivity index (χ1v) is 5.85. The van der Waals surface area contributed by atoms with Gasteiger partial charge >= 0.3 is 0 Å². The molecular weight excluding hydrogens is 188 g/mol. The van der Waals surface area contributed by atoms with Crippen LogP contribution in [0.1, 0.15) is 52.9 Å². The quantitative estimate of drug-likeness (QED) is 0.634. The van der Waals surface area contributed by atoms with Crippen molar-refractivity contribution in [3.8, 4) is 0 Å². The summed E-state index contributed by atoms with van der Waals surface area (Å²) in [6, 6.07) is -0.00551. The van der Waals surface area contributed by atoms with Crippen molar-refractivity contribution in [2.75, 3.05) is 0 Å². The van der Waals surface area contributed by atoms with Crippen LogP contribution in [0.3, 0.4) is 0 Å². The van der Waals surface area contributed by atoms with E-state index in [0.717, 1.165) is 43.3 Å². The second-order valence-corrected chi connectivity index (χ2v) is 3.87. The first-order chi connectivity index (χ1) is 7.08. The zero-order valence-electron chi connectivity index (χ0n) is 10.2. The van der Waals surface area contributed by atoms with Crippen LogP contribution < -0.4 is 11.5 Å². The van der Waals surface area contributed by atoms with Crippen LogP contribution in [0.15, 0.2) is 11.1 Å². The topological polar surface area (TPSA) is 69.1 Å². The van der Waals surface area contributed by atoms with Crippen LogP contribution in [0.4, 0.5) is 0 Å². The fourth-order valence-electron chi connectivity index (χ4n) is 1.88. The predicted molar refractivity (Wildman–Crippen MR) is 64.3 cm³/mol. The third-order valence-electron chi connectivity index (χ3n) is 2.61. The lowest BCUT2D eigenvalue weighted by molar-refractivity contribution is -0.114. The molecule has 0 saturated carbocycles. The molecule has 0 aliphatic carbocycles. The molecule has 3 nitrogen and oxygen atoms in total. The standard InChI is InChI=1S/C12H24N2O/c1-4-7-10(12(14)15)9(6-3)11(13)8-5-2/h11H,4-8,13H2,1-3H3,(H2,14,15)/b10-9-. The van der Waals surface area contributed by atoms with Gasteiger partial charge < -0.3 is 11.5 Å². The Morgan fingerprint density at radius 3 is 2.13 bits per heavy atom. The lowest BCUT2D eigenvalue weighted by atomic mass is 9.93. The predicted octanol–water partition coefficient (Wildman–Crippen LogP) is 2.11. The molecule has 1 amide bonds. The molecule has 0 aromatic carbocycles. The van der Waals surface area contributed by atoms with Crippen molar-refractivity contribution in [3.05, 3.63) is 11.1 Å². The minimum Gasteiger partial charge on any atom is -0.366 e. The molecule has 0 radical (unpaired) electrons. The molecule has 0 rings (SSSR count). The van der Waals surface area contributed by atoms with E-state index in [1.807, 2.05) is 13.8 Å². The van der Waals surface area contributed by atoms with Crippen LogP contribution in [0.5, 0.6) is 0 Å². The Balaban J connectivity index is 4.93. The van der Waals surface area contributed by atoms with Gasteiger partial charge in [-0.2, -0.15) is 0 Å². The Labute approximate surface area is 92.9 Å². The summed E-state index contributed by atoms with van der Waals surface area (Å²) in [6.07, 6.45) is 4.45. The number of rotatable bonds is 7. The minimum absolute atomic E-state index is 0.00551. The Kier molecular flexibility index (Phi) is 7.05. The van der Waals surface area contributed by atoms with Crippen LogP contribution >= 0.6 is 0 Å². The van der Waals surface area contributed by atoms with Gasteiger partial charge in [-0.1, -0.05) is 33.6 Å². The molecule has 1 unspecified atom stereocenters. The van der Waals surface area contributed by atoms with Crippen molar-refractivity contribution in [3.63, 3.8) is 0 Å². The monoisotopic (exact) mass is 212 g/mol. The summed E-state index contributed by atoms with van der Waals surface area (Å²) in [5.41, 5.74) is 13.2. The zero-order chi connectivity index (χ0) is 11.8. The molecule has 0 bridgehead atoms. The van der Waals surface area contributed by atoms with Gasteiger partial charge in [-0.25, -0.2) is 0 Å². The first-order valence-electron chi connectivity index (χ1n) is 5.85. The average Bonchev–Trinajstić information content (AvgIpc) is 2.18. The molecular formula is C12H24N2O. The molecule has 0 aromatic heterocycles. The van der Waals surface area contributed by atoms with E-state index in [-0.39, 0.29) is 11.9 Å². The molecule has 0 aliphatic rings. The number of carbonyl (C=O) groups is 1. The smallest absolute Gasteiger partial charge is 0.244 e. The van der Waals surface area contributed by atoms with Gasteiger partial charge in [0.15, 0.2) is 0 Å². The van der Waals surface area contributed by atoms with Crippen molar-refractivity contribution in [2.45, 2.75) is 58.9 Å². The Morgan fingerprint density at radius 2 is 1.80 bits per heavy atom. The molecule has 4 N–H and O–H groups in total. The summed E-state index contributed by atoms with van der Waals surface area (Å²) >= 11 is 0. The third-order valence-corrected chi connectivity index (χ3v) is 2.61. The van der Waals surface area contributed by atoms with Gasteiger partial charge in [-0.15, -0.1) is 0 Å². The molecule has 0 aliphatic heterocycles. The third kappa shape index (κ3) is 4.47. The van der Waals surface area contributed by atoms with Gasteiger partial charge in [0, 0.05) is 11.6 Å². The van der Waals surface area contributed by atoms with Crippen LogP contribution in [0.25, 0.3) is 0 Å². The summed E-state index contributed by atoms with van der Waals surface area (Å²) in [5.74, 6) is -0.305. The van der Waals surface area contributed by atoms with Gasteiger partial charge in [0.2, 0.25) is 5.91 Å². The molecule has 15 heavy (non-hydrogen) atoms. The molecule has 0 saturated heterocycles. The van der Waals surface area contributed by atoms with E-state index < -0.39 is 0 Å². The number of primary amides is 1. The van der Waals surface area contributed by atoms with Gasteiger partial charge in [-0.05, 0) is 24.8 Å². The van der Waals surface area contributed by atoms with Crippen LogP contribution in [0, 0.1) is 0 Å². The van der Waals surface area contributed by atoms with Gasteiger partial charge in [0.25, 0.3) is 0 Å². The fraction of sp³-hybridized carbons (Fsp3) is 0.750. The van der Waals surface area contributed by atoms with Crippen LogP contribution in [0.2, 0.25) is 0 Å².